The molecule has 0 radical (unpaired) electrons. The van der Waals surface area contributed by atoms with Gasteiger partial charge in [-0.25, -0.2) is 13.2 Å². The van der Waals surface area contributed by atoms with Crippen LogP contribution >= 0.6 is 11.5 Å². The summed E-state index contributed by atoms with van der Waals surface area (Å²) >= 11 is 1.18. The fraction of sp³-hybridized carbons (Fsp3) is 0.667. The SMILES string of the molecule is OC1(c2ccns2)CCC(F)(F)CC1. The largest absolute Gasteiger partial charge is 0.384 e. The molecule has 0 aromatic carbocycles. The quantitative estimate of drug-likeness (QED) is 0.787. The molecule has 1 aliphatic rings. The van der Waals surface area contributed by atoms with Crippen LogP contribution in [-0.2, 0) is 5.60 Å². The van der Waals surface area contributed by atoms with E-state index in [2.05, 4.69) is 4.37 Å². The number of halogens is 2. The molecule has 0 bridgehead atoms. The summed E-state index contributed by atoms with van der Waals surface area (Å²) in [6.45, 7) is 0. The van der Waals surface area contributed by atoms with Crippen molar-refractivity contribution in [3.63, 3.8) is 0 Å². The Bertz CT molecular complexity index is 303. The molecule has 1 heterocycles. The second-order valence-corrected chi connectivity index (χ2v) is 4.60. The van der Waals surface area contributed by atoms with Crippen molar-refractivity contribution in [2.45, 2.75) is 37.2 Å². The molecule has 0 atom stereocenters. The van der Waals surface area contributed by atoms with Crippen molar-refractivity contribution in [1.29, 1.82) is 0 Å². The van der Waals surface area contributed by atoms with E-state index in [4.69, 9.17) is 0 Å². The summed E-state index contributed by atoms with van der Waals surface area (Å²) in [6, 6.07) is 1.70. The van der Waals surface area contributed by atoms with E-state index in [0.29, 0.717) is 4.88 Å². The van der Waals surface area contributed by atoms with Crippen LogP contribution in [0.4, 0.5) is 8.78 Å². The third-order valence-electron chi connectivity index (χ3n) is 2.71. The molecule has 1 aromatic heterocycles. The topological polar surface area (TPSA) is 33.1 Å². The molecule has 5 heteroatoms. The Labute approximate surface area is 84.7 Å². The van der Waals surface area contributed by atoms with E-state index < -0.39 is 11.5 Å². The van der Waals surface area contributed by atoms with Gasteiger partial charge in [0, 0.05) is 19.0 Å². The molecule has 1 fully saturated rings. The van der Waals surface area contributed by atoms with Crippen LogP contribution in [0.1, 0.15) is 30.6 Å². The van der Waals surface area contributed by atoms with Gasteiger partial charge in [0.15, 0.2) is 0 Å². The molecule has 0 aliphatic heterocycles. The van der Waals surface area contributed by atoms with Crippen LogP contribution in [0.15, 0.2) is 12.3 Å². The number of rotatable bonds is 1. The summed E-state index contributed by atoms with van der Waals surface area (Å²) < 4.78 is 29.6. The Morgan fingerprint density at radius 3 is 2.43 bits per heavy atom. The van der Waals surface area contributed by atoms with Crippen LogP contribution < -0.4 is 0 Å². The van der Waals surface area contributed by atoms with Gasteiger partial charge in [-0.05, 0) is 30.4 Å². The first-order valence-electron chi connectivity index (χ1n) is 4.53. The van der Waals surface area contributed by atoms with E-state index in [1.165, 1.54) is 11.5 Å². The van der Waals surface area contributed by atoms with Crippen molar-refractivity contribution in [3.05, 3.63) is 17.1 Å². The average Bonchev–Trinajstić information content (AvgIpc) is 2.64. The maximum Gasteiger partial charge on any atom is 0.248 e. The van der Waals surface area contributed by atoms with E-state index >= 15 is 0 Å². The Balaban J connectivity index is 2.13. The second kappa shape index (κ2) is 3.24. The minimum atomic E-state index is -2.60. The Morgan fingerprint density at radius 2 is 1.93 bits per heavy atom. The second-order valence-electron chi connectivity index (χ2n) is 3.76. The highest BCUT2D eigenvalue weighted by molar-refractivity contribution is 7.05. The molecular formula is C9H11F2NOS. The van der Waals surface area contributed by atoms with Crippen LogP contribution in [0.25, 0.3) is 0 Å². The first kappa shape index (κ1) is 9.98. The standard InChI is InChI=1S/C9H11F2NOS/c10-9(11)4-2-8(13,3-5-9)7-1-6-12-14-7/h1,6,13H,2-5H2. The lowest BCUT2D eigenvalue weighted by Crippen LogP contribution is -2.35. The monoisotopic (exact) mass is 219 g/mol. The van der Waals surface area contributed by atoms with Crippen molar-refractivity contribution in [1.82, 2.24) is 4.37 Å². The number of aromatic nitrogens is 1. The first-order valence-corrected chi connectivity index (χ1v) is 5.31. The Morgan fingerprint density at radius 1 is 1.29 bits per heavy atom. The maximum absolute atomic E-state index is 12.9. The zero-order valence-electron chi connectivity index (χ0n) is 7.54. The predicted molar refractivity (Wildman–Crippen MR) is 49.4 cm³/mol. The molecule has 2 nitrogen and oxygen atoms in total. The maximum atomic E-state index is 12.9. The highest BCUT2D eigenvalue weighted by atomic mass is 32.1. The summed E-state index contributed by atoms with van der Waals surface area (Å²) in [4.78, 5) is 0.702. The normalized spacial score (nSPS) is 24.8. The number of hydrogen-bond donors (Lipinski definition) is 1. The summed E-state index contributed by atoms with van der Waals surface area (Å²) in [7, 11) is 0. The molecule has 1 saturated carbocycles. The van der Waals surface area contributed by atoms with E-state index in [1.807, 2.05) is 0 Å². The molecule has 0 saturated heterocycles. The summed E-state index contributed by atoms with van der Waals surface area (Å²) in [5.74, 6) is -2.60. The van der Waals surface area contributed by atoms with Gasteiger partial charge in [0.2, 0.25) is 5.92 Å². The van der Waals surface area contributed by atoms with Gasteiger partial charge in [-0.15, -0.1) is 0 Å². The molecule has 0 amide bonds. The minimum Gasteiger partial charge on any atom is -0.384 e. The van der Waals surface area contributed by atoms with Crippen molar-refractivity contribution >= 4 is 11.5 Å². The van der Waals surface area contributed by atoms with E-state index in [0.717, 1.165) is 0 Å². The van der Waals surface area contributed by atoms with Gasteiger partial charge < -0.3 is 5.11 Å². The van der Waals surface area contributed by atoms with Crippen LogP contribution in [0.3, 0.4) is 0 Å². The Kier molecular flexibility index (Phi) is 2.31. The summed E-state index contributed by atoms with van der Waals surface area (Å²) in [5.41, 5.74) is -1.07. The lowest BCUT2D eigenvalue weighted by molar-refractivity contribution is -0.105. The number of nitrogens with zero attached hydrogens (tertiary/aromatic N) is 1. The van der Waals surface area contributed by atoms with Gasteiger partial charge in [-0.1, -0.05) is 0 Å². The molecule has 0 unspecified atom stereocenters. The minimum absolute atomic E-state index is 0.127. The van der Waals surface area contributed by atoms with Gasteiger partial charge in [0.25, 0.3) is 0 Å². The molecule has 0 spiro atoms. The lowest BCUT2D eigenvalue weighted by atomic mass is 9.82. The van der Waals surface area contributed by atoms with Crippen LogP contribution in [0, 0.1) is 0 Å². The summed E-state index contributed by atoms with van der Waals surface area (Å²) in [6.07, 6.45) is 1.37. The highest BCUT2D eigenvalue weighted by Gasteiger charge is 2.43. The van der Waals surface area contributed by atoms with Gasteiger partial charge >= 0.3 is 0 Å². The molecule has 1 aliphatic carbocycles. The first-order chi connectivity index (χ1) is 6.52. The lowest BCUT2D eigenvalue weighted by Gasteiger charge is -2.34. The zero-order valence-corrected chi connectivity index (χ0v) is 8.36. The third kappa shape index (κ3) is 1.79. The Hall–Kier alpha value is -0.550. The number of hydrogen-bond acceptors (Lipinski definition) is 3. The van der Waals surface area contributed by atoms with Crippen molar-refractivity contribution < 1.29 is 13.9 Å². The van der Waals surface area contributed by atoms with Crippen molar-refractivity contribution in [2.24, 2.45) is 0 Å². The van der Waals surface area contributed by atoms with Gasteiger partial charge in [0.1, 0.15) is 5.60 Å². The number of alkyl halides is 2. The van der Waals surface area contributed by atoms with Crippen LogP contribution in [-0.4, -0.2) is 15.4 Å². The molecule has 14 heavy (non-hydrogen) atoms. The van der Waals surface area contributed by atoms with Crippen molar-refractivity contribution in [2.75, 3.05) is 0 Å². The van der Waals surface area contributed by atoms with E-state index in [9.17, 15) is 13.9 Å². The summed E-state index contributed by atoms with van der Waals surface area (Å²) in [5, 5.41) is 10.1. The van der Waals surface area contributed by atoms with E-state index in [1.54, 1.807) is 12.3 Å². The third-order valence-corrected chi connectivity index (χ3v) is 3.65. The van der Waals surface area contributed by atoms with E-state index in [-0.39, 0.29) is 25.7 Å². The molecular weight excluding hydrogens is 208 g/mol. The average molecular weight is 219 g/mol. The van der Waals surface area contributed by atoms with Crippen molar-refractivity contribution in [3.8, 4) is 0 Å². The molecule has 1 N–H and O–H groups in total. The fourth-order valence-corrected chi connectivity index (χ4v) is 2.46. The fourth-order valence-electron chi connectivity index (χ4n) is 1.73. The molecule has 78 valence electrons. The van der Waals surface area contributed by atoms with Crippen LogP contribution in [0.5, 0.6) is 0 Å². The predicted octanol–water partition coefficient (Wildman–Crippen LogP) is 2.54. The zero-order chi connectivity index (χ0) is 10.2. The number of aliphatic hydroxyl groups is 1. The molecule has 2 rings (SSSR count). The van der Waals surface area contributed by atoms with Crippen LogP contribution in [0.2, 0.25) is 0 Å². The highest BCUT2D eigenvalue weighted by Crippen LogP contribution is 2.44. The smallest absolute Gasteiger partial charge is 0.248 e. The van der Waals surface area contributed by atoms with Gasteiger partial charge in [0.05, 0.1) is 4.88 Å². The van der Waals surface area contributed by atoms with Gasteiger partial charge in [-0.3, -0.25) is 0 Å². The molecule has 1 aromatic rings. The van der Waals surface area contributed by atoms with Gasteiger partial charge in [-0.2, -0.15) is 0 Å².